The number of carbonyl (C=O) groups excluding carboxylic acids is 1. The zero-order valence-corrected chi connectivity index (χ0v) is 11.1. The number of benzene rings is 2. The second kappa shape index (κ2) is 4.96. The zero-order valence-electron chi connectivity index (χ0n) is 11.1. The number of carbonyl (C=O) groups is 1. The summed E-state index contributed by atoms with van der Waals surface area (Å²) in [6, 6.07) is 13.7. The number of anilines is 2. The van der Waals surface area contributed by atoms with Gasteiger partial charge in [-0.25, -0.2) is 4.39 Å². The minimum Gasteiger partial charge on any atom is -0.372 e. The van der Waals surface area contributed by atoms with Crippen LogP contribution in [0.1, 0.15) is 12.5 Å². The van der Waals surface area contributed by atoms with E-state index in [0.717, 1.165) is 16.9 Å². The molecule has 0 spiro atoms. The van der Waals surface area contributed by atoms with Gasteiger partial charge < -0.3 is 10.2 Å². The third kappa shape index (κ3) is 2.25. The Hall–Kier alpha value is -2.36. The molecule has 0 aliphatic carbocycles. The fraction of sp³-hybridized carbons (Fsp3) is 0.188. The molecule has 1 unspecified atom stereocenters. The van der Waals surface area contributed by atoms with Crippen molar-refractivity contribution in [3.05, 3.63) is 59.9 Å². The molecule has 4 heteroatoms. The van der Waals surface area contributed by atoms with E-state index in [0.29, 0.717) is 6.54 Å². The molecule has 1 atom stereocenters. The van der Waals surface area contributed by atoms with Gasteiger partial charge in [-0.05, 0) is 36.8 Å². The quantitative estimate of drug-likeness (QED) is 0.909. The summed E-state index contributed by atoms with van der Waals surface area (Å²) in [6.45, 7) is 2.29. The predicted molar refractivity (Wildman–Crippen MR) is 77.1 cm³/mol. The molecule has 0 saturated heterocycles. The molecule has 0 saturated carbocycles. The highest BCUT2D eigenvalue weighted by Crippen LogP contribution is 2.32. The highest BCUT2D eigenvalue weighted by Gasteiger charge is 2.29. The van der Waals surface area contributed by atoms with Crippen LogP contribution >= 0.6 is 0 Å². The Bertz CT molecular complexity index is 639. The van der Waals surface area contributed by atoms with E-state index >= 15 is 0 Å². The maximum absolute atomic E-state index is 13.0. The summed E-state index contributed by atoms with van der Waals surface area (Å²) in [5.41, 5.74) is 2.71. The maximum Gasteiger partial charge on any atom is 0.249 e. The molecule has 0 radical (unpaired) electrons. The Kier molecular flexibility index (Phi) is 3.14. The van der Waals surface area contributed by atoms with E-state index in [1.165, 1.54) is 12.1 Å². The number of para-hydroxylation sites is 2. The molecule has 0 aromatic heterocycles. The van der Waals surface area contributed by atoms with E-state index in [1.807, 2.05) is 31.2 Å². The Morgan fingerprint density at radius 2 is 1.85 bits per heavy atom. The first-order valence-corrected chi connectivity index (χ1v) is 6.56. The lowest BCUT2D eigenvalue weighted by molar-refractivity contribution is -0.119. The molecule has 2 aromatic rings. The smallest absolute Gasteiger partial charge is 0.249 e. The molecule has 0 fully saturated rings. The number of hydrogen-bond acceptors (Lipinski definition) is 2. The van der Waals surface area contributed by atoms with Crippen LogP contribution in [0, 0.1) is 5.82 Å². The summed E-state index contributed by atoms with van der Waals surface area (Å²) in [6.07, 6.45) is 0. The van der Waals surface area contributed by atoms with Crippen molar-refractivity contribution in [2.24, 2.45) is 0 Å². The summed E-state index contributed by atoms with van der Waals surface area (Å²) in [4.78, 5) is 14.1. The van der Waals surface area contributed by atoms with Crippen molar-refractivity contribution in [3.63, 3.8) is 0 Å². The van der Waals surface area contributed by atoms with E-state index in [4.69, 9.17) is 0 Å². The largest absolute Gasteiger partial charge is 0.372 e. The van der Waals surface area contributed by atoms with Crippen LogP contribution in [0.3, 0.4) is 0 Å². The van der Waals surface area contributed by atoms with Crippen LogP contribution in [0.5, 0.6) is 0 Å². The van der Waals surface area contributed by atoms with Crippen LogP contribution < -0.4 is 10.2 Å². The van der Waals surface area contributed by atoms with Crippen molar-refractivity contribution >= 4 is 17.3 Å². The van der Waals surface area contributed by atoms with Crippen LogP contribution in [0.15, 0.2) is 48.5 Å². The van der Waals surface area contributed by atoms with Gasteiger partial charge in [-0.3, -0.25) is 4.79 Å². The van der Waals surface area contributed by atoms with Gasteiger partial charge in [-0.15, -0.1) is 0 Å². The van der Waals surface area contributed by atoms with Gasteiger partial charge in [0.25, 0.3) is 0 Å². The van der Waals surface area contributed by atoms with Crippen molar-refractivity contribution in [2.45, 2.75) is 19.5 Å². The van der Waals surface area contributed by atoms with Gasteiger partial charge in [0, 0.05) is 0 Å². The fourth-order valence-electron chi connectivity index (χ4n) is 2.41. The highest BCUT2D eigenvalue weighted by molar-refractivity contribution is 6.04. The summed E-state index contributed by atoms with van der Waals surface area (Å²) >= 11 is 0. The molecule has 1 N–H and O–H groups in total. The number of rotatable bonds is 2. The van der Waals surface area contributed by atoms with Gasteiger partial charge in [-0.1, -0.05) is 24.3 Å². The number of hydrogen-bond donors (Lipinski definition) is 1. The summed E-state index contributed by atoms with van der Waals surface area (Å²) in [7, 11) is 0. The van der Waals surface area contributed by atoms with E-state index in [-0.39, 0.29) is 17.8 Å². The van der Waals surface area contributed by atoms with Gasteiger partial charge in [0.2, 0.25) is 5.91 Å². The maximum atomic E-state index is 13.0. The standard InChI is InChI=1S/C16H15FN2O/c1-11-16(20)19(10-12-6-8-13(17)9-7-12)15-5-3-2-4-14(15)18-11/h2-9,11,18H,10H2,1H3. The molecule has 20 heavy (non-hydrogen) atoms. The van der Waals surface area contributed by atoms with Crippen molar-refractivity contribution in [1.82, 2.24) is 0 Å². The molecule has 3 nitrogen and oxygen atoms in total. The van der Waals surface area contributed by atoms with Crippen LogP contribution in [0.4, 0.5) is 15.8 Å². The first kappa shape index (κ1) is 12.7. The lowest BCUT2D eigenvalue weighted by atomic mass is 10.1. The lowest BCUT2D eigenvalue weighted by Gasteiger charge is -2.34. The second-order valence-corrected chi connectivity index (χ2v) is 4.93. The normalized spacial score (nSPS) is 17.6. The van der Waals surface area contributed by atoms with Crippen molar-refractivity contribution < 1.29 is 9.18 Å². The van der Waals surface area contributed by atoms with Gasteiger partial charge >= 0.3 is 0 Å². The fourth-order valence-corrected chi connectivity index (χ4v) is 2.41. The number of halogens is 1. The molecule has 1 aliphatic heterocycles. The van der Waals surface area contributed by atoms with E-state index in [1.54, 1.807) is 17.0 Å². The first-order chi connectivity index (χ1) is 9.65. The van der Waals surface area contributed by atoms with E-state index < -0.39 is 0 Å². The highest BCUT2D eigenvalue weighted by atomic mass is 19.1. The Morgan fingerprint density at radius 1 is 1.15 bits per heavy atom. The number of fused-ring (bicyclic) bond motifs is 1. The molecular weight excluding hydrogens is 255 g/mol. The second-order valence-electron chi connectivity index (χ2n) is 4.93. The summed E-state index contributed by atoms with van der Waals surface area (Å²) in [5, 5.41) is 3.18. The van der Waals surface area contributed by atoms with Gasteiger partial charge in [-0.2, -0.15) is 0 Å². The number of nitrogens with one attached hydrogen (secondary N) is 1. The van der Waals surface area contributed by atoms with Crippen LogP contribution in [0.2, 0.25) is 0 Å². The molecule has 1 aliphatic rings. The zero-order chi connectivity index (χ0) is 14.1. The third-order valence-electron chi connectivity index (χ3n) is 3.46. The SMILES string of the molecule is CC1Nc2ccccc2N(Cc2ccc(F)cc2)C1=O. The third-order valence-corrected chi connectivity index (χ3v) is 3.46. The van der Waals surface area contributed by atoms with Crippen LogP contribution in [-0.4, -0.2) is 11.9 Å². The van der Waals surface area contributed by atoms with Crippen molar-refractivity contribution in [3.8, 4) is 0 Å². The summed E-state index contributed by atoms with van der Waals surface area (Å²) in [5.74, 6) is -0.248. The van der Waals surface area contributed by atoms with Gasteiger partial charge in [0.1, 0.15) is 11.9 Å². The summed E-state index contributed by atoms with van der Waals surface area (Å²) < 4.78 is 13.0. The van der Waals surface area contributed by atoms with Crippen molar-refractivity contribution in [2.75, 3.05) is 10.2 Å². The average Bonchev–Trinajstić information content (AvgIpc) is 2.46. The Morgan fingerprint density at radius 3 is 2.60 bits per heavy atom. The molecule has 1 heterocycles. The number of nitrogens with zero attached hydrogens (tertiary/aromatic N) is 1. The molecule has 102 valence electrons. The lowest BCUT2D eigenvalue weighted by Crippen LogP contribution is -2.45. The van der Waals surface area contributed by atoms with Gasteiger partial charge in [0.05, 0.1) is 17.9 Å². The molecule has 0 bridgehead atoms. The minimum atomic E-state index is -0.269. The number of amides is 1. The van der Waals surface area contributed by atoms with Crippen LogP contribution in [0.25, 0.3) is 0 Å². The van der Waals surface area contributed by atoms with E-state index in [9.17, 15) is 9.18 Å². The average molecular weight is 270 g/mol. The van der Waals surface area contributed by atoms with E-state index in [2.05, 4.69) is 5.32 Å². The minimum absolute atomic E-state index is 0.0213. The first-order valence-electron chi connectivity index (χ1n) is 6.56. The molecule has 1 amide bonds. The van der Waals surface area contributed by atoms with Crippen molar-refractivity contribution in [1.29, 1.82) is 0 Å². The predicted octanol–water partition coefficient (Wildman–Crippen LogP) is 3.17. The van der Waals surface area contributed by atoms with Gasteiger partial charge in [0.15, 0.2) is 0 Å². The molecule has 3 rings (SSSR count). The topological polar surface area (TPSA) is 32.3 Å². The Labute approximate surface area is 117 Å². The molecular formula is C16H15FN2O. The van der Waals surface area contributed by atoms with Crippen LogP contribution in [-0.2, 0) is 11.3 Å². The Balaban J connectivity index is 1.95. The molecule has 2 aromatic carbocycles. The monoisotopic (exact) mass is 270 g/mol.